The van der Waals surface area contributed by atoms with Crippen LogP contribution in [0, 0.1) is 8.97 Å². The Morgan fingerprint density at radius 3 is 2.88 bits per heavy atom. The second-order valence-corrected chi connectivity index (χ2v) is 4.36. The van der Waals surface area contributed by atoms with E-state index < -0.39 is 0 Å². The van der Waals surface area contributed by atoms with Crippen molar-refractivity contribution in [2.75, 3.05) is 0 Å². The van der Waals surface area contributed by atoms with E-state index >= 15 is 0 Å². The van der Waals surface area contributed by atoms with Gasteiger partial charge in [0.25, 0.3) is 0 Å². The largest absolute Gasteiger partial charge is 0.619 e. The van der Waals surface area contributed by atoms with Crippen LogP contribution in [0.1, 0.15) is 16.1 Å². The van der Waals surface area contributed by atoms with Crippen LogP contribution in [0.5, 0.6) is 0 Å². The molecule has 2 rings (SSSR count). The number of rotatable bonds is 3. The van der Waals surface area contributed by atoms with Gasteiger partial charge >= 0.3 is 0 Å². The molecule has 0 N–H and O–H groups in total. The standard InChI is InChI=1S/C12H8INO3/c13-12-6-4-10(17-12)3-5-11(15)9-2-1-7-14(16)8-9/h1-8H. The Bertz CT molecular complexity index is 575. The molecule has 4 nitrogen and oxygen atoms in total. The maximum absolute atomic E-state index is 11.7. The Morgan fingerprint density at radius 2 is 2.24 bits per heavy atom. The van der Waals surface area contributed by atoms with Crippen molar-refractivity contribution >= 4 is 34.5 Å². The van der Waals surface area contributed by atoms with Crippen LogP contribution in [0.15, 0.2) is 47.2 Å². The molecule has 2 aromatic heterocycles. The van der Waals surface area contributed by atoms with Crippen LogP contribution in [0.4, 0.5) is 0 Å². The number of hydrogen-bond acceptors (Lipinski definition) is 3. The van der Waals surface area contributed by atoms with Crippen molar-refractivity contribution in [2.24, 2.45) is 0 Å². The lowest BCUT2D eigenvalue weighted by atomic mass is 10.2. The second-order valence-electron chi connectivity index (χ2n) is 3.29. The van der Waals surface area contributed by atoms with Gasteiger partial charge in [-0.25, -0.2) is 0 Å². The average Bonchev–Trinajstić information content (AvgIpc) is 2.72. The first-order chi connectivity index (χ1) is 8.15. The smallest absolute Gasteiger partial charge is 0.192 e. The lowest BCUT2D eigenvalue weighted by Crippen LogP contribution is -2.25. The summed E-state index contributed by atoms with van der Waals surface area (Å²) in [6.45, 7) is 0. The van der Waals surface area contributed by atoms with Crippen LogP contribution in [-0.2, 0) is 0 Å². The van der Waals surface area contributed by atoms with E-state index in [4.69, 9.17) is 4.42 Å². The highest BCUT2D eigenvalue weighted by Crippen LogP contribution is 2.11. The Morgan fingerprint density at radius 1 is 1.41 bits per heavy atom. The van der Waals surface area contributed by atoms with E-state index in [9.17, 15) is 10.0 Å². The molecule has 0 aliphatic heterocycles. The lowest BCUT2D eigenvalue weighted by Gasteiger charge is -1.96. The highest BCUT2D eigenvalue weighted by molar-refractivity contribution is 14.1. The fraction of sp³-hybridized carbons (Fsp3) is 0. The molecule has 2 heterocycles. The molecular weight excluding hydrogens is 333 g/mol. The molecule has 0 radical (unpaired) electrons. The Kier molecular flexibility index (Phi) is 3.58. The highest BCUT2D eigenvalue weighted by Gasteiger charge is 2.05. The molecule has 0 unspecified atom stereocenters. The molecule has 0 spiro atoms. The molecule has 0 fully saturated rings. The first kappa shape index (κ1) is 11.8. The van der Waals surface area contributed by atoms with E-state index in [1.54, 1.807) is 24.3 Å². The highest BCUT2D eigenvalue weighted by atomic mass is 127. The van der Waals surface area contributed by atoms with Crippen molar-refractivity contribution in [3.8, 4) is 0 Å². The summed E-state index contributed by atoms with van der Waals surface area (Å²) in [5.74, 6) is 0.371. The van der Waals surface area contributed by atoms with Gasteiger partial charge in [-0.05, 0) is 52.9 Å². The van der Waals surface area contributed by atoms with Gasteiger partial charge in [0.1, 0.15) is 5.76 Å². The molecule has 86 valence electrons. The average molecular weight is 341 g/mol. The normalized spacial score (nSPS) is 10.9. The maximum atomic E-state index is 11.7. The summed E-state index contributed by atoms with van der Waals surface area (Å²) in [6, 6.07) is 6.69. The van der Waals surface area contributed by atoms with Crippen molar-refractivity contribution in [1.82, 2.24) is 0 Å². The van der Waals surface area contributed by atoms with Gasteiger partial charge in [0.15, 0.2) is 21.9 Å². The topological polar surface area (TPSA) is 57.2 Å². The van der Waals surface area contributed by atoms with E-state index in [0.717, 1.165) is 3.77 Å². The minimum atomic E-state index is -0.235. The van der Waals surface area contributed by atoms with Crippen molar-refractivity contribution in [2.45, 2.75) is 0 Å². The summed E-state index contributed by atoms with van der Waals surface area (Å²) >= 11 is 2.04. The summed E-state index contributed by atoms with van der Waals surface area (Å²) in [5, 5.41) is 11.0. The van der Waals surface area contributed by atoms with E-state index in [-0.39, 0.29) is 5.78 Å². The van der Waals surface area contributed by atoms with Gasteiger partial charge in [-0.2, -0.15) is 4.73 Å². The number of hydrogen-bond donors (Lipinski definition) is 0. The number of carbonyl (C=O) groups excluding carboxylic acids is 1. The molecule has 0 aliphatic carbocycles. The van der Waals surface area contributed by atoms with Gasteiger partial charge < -0.3 is 9.62 Å². The van der Waals surface area contributed by atoms with Crippen molar-refractivity contribution in [1.29, 1.82) is 0 Å². The Labute approximate surface area is 111 Å². The van der Waals surface area contributed by atoms with Gasteiger partial charge in [-0.3, -0.25) is 4.79 Å². The molecule has 0 saturated heterocycles. The van der Waals surface area contributed by atoms with E-state index in [2.05, 4.69) is 0 Å². The molecule has 0 amide bonds. The number of carbonyl (C=O) groups is 1. The molecule has 0 saturated carbocycles. The second kappa shape index (κ2) is 5.13. The summed E-state index contributed by atoms with van der Waals surface area (Å²) in [4.78, 5) is 11.7. The fourth-order valence-corrected chi connectivity index (χ4v) is 1.71. The van der Waals surface area contributed by atoms with Crippen molar-refractivity contribution < 1.29 is 13.9 Å². The zero-order valence-corrected chi connectivity index (χ0v) is 10.8. The number of nitrogens with zero attached hydrogens (tertiary/aromatic N) is 1. The number of halogens is 1. The predicted octanol–water partition coefficient (Wildman–Crippen LogP) is 2.41. The van der Waals surface area contributed by atoms with Crippen LogP contribution < -0.4 is 4.73 Å². The van der Waals surface area contributed by atoms with Crippen molar-refractivity contribution in [3.63, 3.8) is 0 Å². The SMILES string of the molecule is O=C(C=Cc1ccc(I)o1)c1ccc[n+]([O-])c1. The maximum Gasteiger partial charge on any atom is 0.192 e. The number of pyridine rings is 1. The quantitative estimate of drug-likeness (QED) is 0.283. The van der Waals surface area contributed by atoms with Crippen LogP contribution in [0.3, 0.4) is 0 Å². The van der Waals surface area contributed by atoms with E-state index in [0.29, 0.717) is 16.1 Å². The predicted molar refractivity (Wildman–Crippen MR) is 70.2 cm³/mol. The van der Waals surface area contributed by atoms with Gasteiger partial charge in [0.05, 0.1) is 5.56 Å². The van der Waals surface area contributed by atoms with E-state index in [1.807, 2.05) is 22.6 Å². The third-order valence-corrected chi connectivity index (χ3v) is 2.63. The Hall–Kier alpha value is -1.63. The molecule has 0 atom stereocenters. The number of aromatic nitrogens is 1. The Balaban J connectivity index is 2.14. The summed E-state index contributed by atoms with van der Waals surface area (Å²) in [7, 11) is 0. The monoisotopic (exact) mass is 341 g/mol. The third-order valence-electron chi connectivity index (χ3n) is 2.05. The molecule has 5 heteroatoms. The number of furan rings is 1. The molecule has 0 aromatic carbocycles. The van der Waals surface area contributed by atoms with Gasteiger partial charge in [-0.15, -0.1) is 0 Å². The van der Waals surface area contributed by atoms with Gasteiger partial charge in [-0.1, -0.05) is 0 Å². The molecular formula is C12H8INO3. The van der Waals surface area contributed by atoms with Gasteiger partial charge in [0.2, 0.25) is 0 Å². The summed E-state index contributed by atoms with van der Waals surface area (Å²) in [6.07, 6.45) is 5.52. The van der Waals surface area contributed by atoms with Crippen LogP contribution in [0.25, 0.3) is 6.08 Å². The van der Waals surface area contributed by atoms with Crippen molar-refractivity contribution in [3.05, 3.63) is 63.0 Å². The minimum Gasteiger partial charge on any atom is -0.619 e. The summed E-state index contributed by atoms with van der Waals surface area (Å²) < 4.78 is 6.62. The lowest BCUT2D eigenvalue weighted by molar-refractivity contribution is -0.605. The summed E-state index contributed by atoms with van der Waals surface area (Å²) in [5.41, 5.74) is 0.347. The number of ketones is 1. The number of allylic oxidation sites excluding steroid dienone is 1. The van der Waals surface area contributed by atoms with E-state index in [1.165, 1.54) is 24.5 Å². The minimum absolute atomic E-state index is 0.235. The fourth-order valence-electron chi connectivity index (χ4n) is 1.27. The molecule has 0 aliphatic rings. The molecule has 2 aromatic rings. The first-order valence-corrected chi connectivity index (χ1v) is 5.89. The van der Waals surface area contributed by atoms with Crippen LogP contribution in [-0.4, -0.2) is 5.78 Å². The zero-order valence-electron chi connectivity index (χ0n) is 8.67. The molecule has 17 heavy (non-hydrogen) atoms. The zero-order chi connectivity index (χ0) is 12.3. The third kappa shape index (κ3) is 3.16. The van der Waals surface area contributed by atoms with Gasteiger partial charge in [0, 0.05) is 6.07 Å². The van der Waals surface area contributed by atoms with Crippen LogP contribution >= 0.6 is 22.6 Å². The first-order valence-electron chi connectivity index (χ1n) is 4.82. The van der Waals surface area contributed by atoms with Crippen LogP contribution in [0.2, 0.25) is 0 Å². The molecule has 0 bridgehead atoms.